The molecule has 0 heterocycles. The van der Waals surface area contributed by atoms with Crippen molar-refractivity contribution in [2.45, 2.75) is 19.8 Å². The van der Waals surface area contributed by atoms with Gasteiger partial charge in [0.2, 0.25) is 0 Å². The smallest absolute Gasteiger partial charge is 0.190 e. The molecule has 12 heavy (non-hydrogen) atoms. The first-order chi connectivity index (χ1) is 5.25. The van der Waals surface area contributed by atoms with Gasteiger partial charge in [-0.2, -0.15) is 24.3 Å². The molecule has 0 aliphatic heterocycles. The summed E-state index contributed by atoms with van der Waals surface area (Å²) in [5.74, 6) is 0.556. The van der Waals surface area contributed by atoms with Gasteiger partial charge in [-0.15, -0.1) is 17.7 Å². The van der Waals surface area contributed by atoms with Crippen molar-refractivity contribution >= 4 is 0 Å². The van der Waals surface area contributed by atoms with E-state index in [1.807, 2.05) is 12.1 Å². The zero-order chi connectivity index (χ0) is 8.27. The standard InChI is InChI=1S/C11H13.Li/c1-4-10-7-5-6-8-11(10)9(2)3;/h5-9H,1H2,2-3H3;/q-1;+1. The Morgan fingerprint density at radius 3 is 2.25 bits per heavy atom. The van der Waals surface area contributed by atoms with E-state index in [1.165, 1.54) is 5.56 Å². The third-order valence-corrected chi connectivity index (χ3v) is 1.77. The van der Waals surface area contributed by atoms with Crippen LogP contribution in [0.25, 0.3) is 0 Å². The van der Waals surface area contributed by atoms with Crippen molar-refractivity contribution < 1.29 is 18.9 Å². The van der Waals surface area contributed by atoms with Gasteiger partial charge in [-0.25, -0.2) is 0 Å². The minimum atomic E-state index is 0. The van der Waals surface area contributed by atoms with Crippen molar-refractivity contribution in [3.63, 3.8) is 0 Å². The molecule has 58 valence electrons. The molecule has 0 unspecified atom stereocenters. The van der Waals surface area contributed by atoms with Gasteiger partial charge in [0.25, 0.3) is 0 Å². The topological polar surface area (TPSA) is 0 Å². The van der Waals surface area contributed by atoms with E-state index in [9.17, 15) is 0 Å². The zero-order valence-corrected chi connectivity index (χ0v) is 8.09. The molecule has 0 amide bonds. The van der Waals surface area contributed by atoms with Crippen LogP contribution in [-0.4, -0.2) is 0 Å². The molecule has 0 bridgehead atoms. The predicted molar refractivity (Wildman–Crippen MR) is 48.5 cm³/mol. The maximum absolute atomic E-state index is 3.65. The first kappa shape index (κ1) is 11.6. The number of hydrogen-bond acceptors (Lipinski definition) is 0. The van der Waals surface area contributed by atoms with Gasteiger partial charge in [-0.3, -0.25) is 0 Å². The van der Waals surface area contributed by atoms with Gasteiger partial charge in [-0.1, -0.05) is 25.8 Å². The van der Waals surface area contributed by atoms with Gasteiger partial charge >= 0.3 is 18.9 Å². The Bertz CT molecular complexity index is 251. The second kappa shape index (κ2) is 5.25. The predicted octanol–water partition coefficient (Wildman–Crippen LogP) is 0.151. The largest absolute Gasteiger partial charge is 1.00 e. The van der Waals surface area contributed by atoms with Gasteiger partial charge < -0.3 is 0 Å². The summed E-state index contributed by atoms with van der Waals surface area (Å²) >= 11 is 0. The molecule has 1 rings (SSSR count). The molecule has 0 saturated heterocycles. The Hall–Kier alpha value is -0.443. The Balaban J connectivity index is 0.00000121. The third-order valence-electron chi connectivity index (χ3n) is 1.77. The zero-order valence-electron chi connectivity index (χ0n) is 8.09. The summed E-state index contributed by atoms with van der Waals surface area (Å²) in [6.07, 6.45) is 2.93. The molecule has 0 nitrogen and oxygen atoms in total. The summed E-state index contributed by atoms with van der Waals surface area (Å²) in [5, 5.41) is 0. The van der Waals surface area contributed by atoms with Crippen LogP contribution in [-0.2, 0) is 0 Å². The van der Waals surface area contributed by atoms with Crippen LogP contribution in [0.2, 0.25) is 0 Å². The van der Waals surface area contributed by atoms with Crippen LogP contribution in [0.5, 0.6) is 0 Å². The van der Waals surface area contributed by atoms with E-state index in [4.69, 9.17) is 0 Å². The van der Waals surface area contributed by atoms with Gasteiger partial charge in [0.15, 0.2) is 0 Å². The molecule has 0 N–H and O–H groups in total. The Morgan fingerprint density at radius 2 is 1.83 bits per heavy atom. The van der Waals surface area contributed by atoms with E-state index < -0.39 is 0 Å². The van der Waals surface area contributed by atoms with Crippen LogP contribution in [0.1, 0.15) is 30.9 Å². The van der Waals surface area contributed by atoms with Crippen molar-refractivity contribution in [2.24, 2.45) is 0 Å². The van der Waals surface area contributed by atoms with Crippen molar-refractivity contribution in [1.82, 2.24) is 0 Å². The Morgan fingerprint density at radius 1 is 1.25 bits per heavy atom. The van der Waals surface area contributed by atoms with Crippen molar-refractivity contribution in [3.05, 3.63) is 48.0 Å². The summed E-state index contributed by atoms with van der Waals surface area (Å²) in [5.41, 5.74) is 2.45. The molecule has 0 aliphatic carbocycles. The normalized spacial score (nSPS) is 9.25. The molecule has 0 aromatic heterocycles. The first-order valence-electron chi connectivity index (χ1n) is 3.87. The molecule has 0 spiro atoms. The third kappa shape index (κ3) is 2.55. The fourth-order valence-corrected chi connectivity index (χ4v) is 1.16. The van der Waals surface area contributed by atoms with Crippen LogP contribution in [0.3, 0.4) is 0 Å². The van der Waals surface area contributed by atoms with E-state index in [0.717, 1.165) is 5.56 Å². The fraction of sp³-hybridized carbons (Fsp3) is 0.273. The van der Waals surface area contributed by atoms with Gasteiger partial charge in [-0.05, 0) is 0 Å². The fourth-order valence-electron chi connectivity index (χ4n) is 1.16. The maximum Gasteiger partial charge on any atom is 1.00 e. The molecule has 0 saturated carbocycles. The summed E-state index contributed by atoms with van der Waals surface area (Å²) in [4.78, 5) is 0. The monoisotopic (exact) mass is 152 g/mol. The number of hydrogen-bond donors (Lipinski definition) is 0. The van der Waals surface area contributed by atoms with E-state index in [2.05, 4.69) is 38.6 Å². The van der Waals surface area contributed by atoms with Crippen LogP contribution in [0.15, 0.2) is 30.8 Å². The Labute approximate surface area is 86.9 Å². The van der Waals surface area contributed by atoms with Crippen LogP contribution in [0, 0.1) is 6.08 Å². The first-order valence-corrected chi connectivity index (χ1v) is 3.87. The average Bonchev–Trinajstić information content (AvgIpc) is 2.04. The summed E-state index contributed by atoms with van der Waals surface area (Å²) in [7, 11) is 0. The molecule has 1 aromatic rings. The molecule has 1 aromatic carbocycles. The van der Waals surface area contributed by atoms with Crippen LogP contribution in [0.4, 0.5) is 0 Å². The van der Waals surface area contributed by atoms with Crippen molar-refractivity contribution in [3.8, 4) is 0 Å². The molecule has 0 atom stereocenters. The Kier molecular flexibility index (Phi) is 5.05. The number of rotatable bonds is 2. The van der Waals surface area contributed by atoms with Crippen LogP contribution < -0.4 is 18.9 Å². The summed E-state index contributed by atoms with van der Waals surface area (Å²) < 4.78 is 0. The molecule has 0 fully saturated rings. The van der Waals surface area contributed by atoms with Gasteiger partial charge in [0, 0.05) is 0 Å². The molecular weight excluding hydrogens is 139 g/mol. The summed E-state index contributed by atoms with van der Waals surface area (Å²) in [6.45, 7) is 8.00. The van der Waals surface area contributed by atoms with Crippen molar-refractivity contribution in [2.75, 3.05) is 0 Å². The van der Waals surface area contributed by atoms with E-state index in [0.29, 0.717) is 5.92 Å². The van der Waals surface area contributed by atoms with Gasteiger partial charge in [0.1, 0.15) is 0 Å². The maximum atomic E-state index is 3.65. The quantitative estimate of drug-likeness (QED) is 0.418. The minimum absolute atomic E-state index is 0. The molecule has 0 aliphatic rings. The second-order valence-corrected chi connectivity index (χ2v) is 2.92. The van der Waals surface area contributed by atoms with E-state index in [1.54, 1.807) is 0 Å². The molecule has 0 radical (unpaired) electrons. The molecule has 1 heteroatoms. The SMILES string of the molecule is C=[C-]c1ccccc1C(C)C.[Li+]. The second-order valence-electron chi connectivity index (χ2n) is 2.92. The van der Waals surface area contributed by atoms with Crippen molar-refractivity contribution in [1.29, 1.82) is 0 Å². The molecular formula is C11H13Li. The summed E-state index contributed by atoms with van der Waals surface area (Å²) in [6, 6.07) is 8.23. The van der Waals surface area contributed by atoms with Gasteiger partial charge in [0.05, 0.1) is 0 Å². The van der Waals surface area contributed by atoms with E-state index in [-0.39, 0.29) is 18.9 Å². The average molecular weight is 152 g/mol. The minimum Gasteiger partial charge on any atom is -0.190 e. The van der Waals surface area contributed by atoms with Crippen LogP contribution >= 0.6 is 0 Å². The number of benzene rings is 1. The van der Waals surface area contributed by atoms with E-state index >= 15 is 0 Å².